The van der Waals surface area contributed by atoms with Crippen molar-refractivity contribution in [2.45, 2.75) is 13.5 Å². The van der Waals surface area contributed by atoms with Gasteiger partial charge in [-0.15, -0.1) is 0 Å². The van der Waals surface area contributed by atoms with Gasteiger partial charge in [0.25, 0.3) is 0 Å². The highest BCUT2D eigenvalue weighted by molar-refractivity contribution is 5.79. The van der Waals surface area contributed by atoms with Gasteiger partial charge in [-0.05, 0) is 30.7 Å². The Hall–Kier alpha value is -3.45. The molecule has 1 fully saturated rings. The molecular weight excluding hydrogens is 402 g/mol. The summed E-state index contributed by atoms with van der Waals surface area (Å²) in [5.74, 6) is 1.44. The quantitative estimate of drug-likeness (QED) is 0.411. The minimum Gasteiger partial charge on any atom is -0.476 e. The van der Waals surface area contributed by atoms with Gasteiger partial charge in [-0.2, -0.15) is 0 Å². The number of hydrogen-bond acceptors (Lipinski definition) is 7. The van der Waals surface area contributed by atoms with Gasteiger partial charge in [0.15, 0.2) is 0 Å². The molecule has 1 aromatic carbocycles. The molecule has 0 atom stereocenters. The second-order valence-corrected chi connectivity index (χ2v) is 7.63. The molecule has 32 heavy (non-hydrogen) atoms. The summed E-state index contributed by atoms with van der Waals surface area (Å²) in [4.78, 5) is 15.9. The fourth-order valence-corrected chi connectivity index (χ4v) is 3.50. The summed E-state index contributed by atoms with van der Waals surface area (Å²) in [6.45, 7) is 6.88. The summed E-state index contributed by atoms with van der Waals surface area (Å²) in [7, 11) is 0. The molecule has 4 rings (SSSR count). The van der Waals surface area contributed by atoms with Gasteiger partial charge in [0, 0.05) is 37.3 Å². The first kappa shape index (κ1) is 21.8. The average molecular weight is 432 g/mol. The van der Waals surface area contributed by atoms with Gasteiger partial charge in [0.05, 0.1) is 32.0 Å². The van der Waals surface area contributed by atoms with Gasteiger partial charge >= 0.3 is 0 Å². The van der Waals surface area contributed by atoms with Gasteiger partial charge < -0.3 is 19.7 Å². The van der Waals surface area contributed by atoms with E-state index in [0.717, 1.165) is 49.1 Å². The lowest BCUT2D eigenvalue weighted by Crippen LogP contribution is -2.36. The van der Waals surface area contributed by atoms with E-state index in [1.807, 2.05) is 36.5 Å². The maximum Gasteiger partial charge on any atom is 0.215 e. The average Bonchev–Trinajstić information content (AvgIpc) is 2.83. The van der Waals surface area contributed by atoms with Gasteiger partial charge in [-0.1, -0.05) is 35.9 Å². The Kier molecular flexibility index (Phi) is 7.65. The van der Waals surface area contributed by atoms with E-state index in [0.29, 0.717) is 25.6 Å². The third-order valence-electron chi connectivity index (χ3n) is 5.07. The number of aliphatic imine (C=N–C) groups is 1. The number of hydrogen-bond donors (Lipinski definition) is 1. The fourth-order valence-electron chi connectivity index (χ4n) is 3.50. The highest BCUT2D eigenvalue weighted by atomic mass is 16.5. The molecule has 1 saturated heterocycles. The van der Waals surface area contributed by atoms with Crippen molar-refractivity contribution in [1.82, 2.24) is 9.97 Å². The van der Waals surface area contributed by atoms with Crippen molar-refractivity contribution in [1.29, 1.82) is 0 Å². The molecule has 1 aliphatic heterocycles. The standard InChI is InChI=1S/C25H29N5O2/c1-20-5-4-6-21(15-20)18-26-19-22-16-23(30-10-13-31-14-11-30)17-25(29-22)32-12-9-28-24-7-2-3-8-27-24/h2-8,15-18H,9-14,19H2,1H3,(H,27,28). The Morgan fingerprint density at radius 2 is 2.03 bits per heavy atom. The van der Waals surface area contributed by atoms with Crippen molar-refractivity contribution in [3.63, 3.8) is 0 Å². The predicted molar refractivity (Wildman–Crippen MR) is 128 cm³/mol. The highest BCUT2D eigenvalue weighted by Crippen LogP contribution is 2.23. The fraction of sp³-hybridized carbons (Fsp3) is 0.320. The van der Waals surface area contributed by atoms with Gasteiger partial charge in [-0.3, -0.25) is 4.99 Å². The van der Waals surface area contributed by atoms with Crippen molar-refractivity contribution in [2.24, 2.45) is 4.99 Å². The van der Waals surface area contributed by atoms with Crippen LogP contribution in [0.5, 0.6) is 5.88 Å². The Morgan fingerprint density at radius 1 is 1.12 bits per heavy atom. The molecule has 0 saturated carbocycles. The molecule has 0 radical (unpaired) electrons. The molecule has 0 bridgehead atoms. The second kappa shape index (κ2) is 11.2. The largest absolute Gasteiger partial charge is 0.476 e. The van der Waals surface area contributed by atoms with E-state index in [-0.39, 0.29) is 0 Å². The Morgan fingerprint density at radius 3 is 2.84 bits per heavy atom. The minimum absolute atomic E-state index is 0.488. The summed E-state index contributed by atoms with van der Waals surface area (Å²) < 4.78 is 11.5. The maximum atomic E-state index is 5.97. The molecule has 166 valence electrons. The van der Waals surface area contributed by atoms with Crippen LogP contribution in [0, 0.1) is 6.92 Å². The number of ether oxygens (including phenoxy) is 2. The normalized spacial score (nSPS) is 14.0. The summed E-state index contributed by atoms with van der Waals surface area (Å²) in [5.41, 5.74) is 4.28. The van der Waals surface area contributed by atoms with Crippen LogP contribution in [0.2, 0.25) is 0 Å². The summed E-state index contributed by atoms with van der Waals surface area (Å²) in [6.07, 6.45) is 3.66. The van der Waals surface area contributed by atoms with Crippen molar-refractivity contribution in [3.8, 4) is 5.88 Å². The summed E-state index contributed by atoms with van der Waals surface area (Å²) in [5, 5.41) is 3.25. The molecule has 7 nitrogen and oxygen atoms in total. The smallest absolute Gasteiger partial charge is 0.215 e. The van der Waals surface area contributed by atoms with Crippen LogP contribution < -0.4 is 15.0 Å². The van der Waals surface area contributed by atoms with Crippen LogP contribution in [0.15, 0.2) is 65.8 Å². The molecule has 1 N–H and O–H groups in total. The van der Waals surface area contributed by atoms with Crippen LogP contribution in [-0.4, -0.2) is 55.6 Å². The molecule has 1 aliphatic rings. The summed E-state index contributed by atoms with van der Waals surface area (Å²) >= 11 is 0. The van der Waals surface area contributed by atoms with Crippen LogP contribution in [0.25, 0.3) is 0 Å². The van der Waals surface area contributed by atoms with Crippen LogP contribution in [-0.2, 0) is 11.3 Å². The van der Waals surface area contributed by atoms with E-state index in [2.05, 4.69) is 56.4 Å². The molecule has 3 heterocycles. The Bertz CT molecular complexity index is 1020. The number of morpholine rings is 1. The molecule has 0 unspecified atom stereocenters. The minimum atomic E-state index is 0.488. The van der Waals surface area contributed by atoms with Gasteiger partial charge in [-0.25, -0.2) is 9.97 Å². The van der Waals surface area contributed by atoms with Crippen LogP contribution in [0.3, 0.4) is 0 Å². The first-order valence-electron chi connectivity index (χ1n) is 10.9. The lowest BCUT2D eigenvalue weighted by Gasteiger charge is -2.29. The van der Waals surface area contributed by atoms with E-state index in [4.69, 9.17) is 9.47 Å². The zero-order valence-electron chi connectivity index (χ0n) is 18.4. The number of aryl methyl sites for hydroxylation is 1. The Labute approximate surface area is 189 Å². The lowest BCUT2D eigenvalue weighted by atomic mass is 10.1. The zero-order chi connectivity index (χ0) is 22.0. The van der Waals surface area contributed by atoms with Gasteiger partial charge in [0.1, 0.15) is 12.4 Å². The number of nitrogens with one attached hydrogen (secondary N) is 1. The van der Waals surface area contributed by atoms with E-state index in [9.17, 15) is 0 Å². The molecule has 0 amide bonds. The molecule has 7 heteroatoms. The SMILES string of the molecule is Cc1cccc(C=NCc2cc(N3CCOCC3)cc(OCCNc3ccccn3)n2)c1. The van der Waals surface area contributed by atoms with Crippen molar-refractivity contribution >= 4 is 17.7 Å². The molecular formula is C25H29N5O2. The van der Waals surface area contributed by atoms with Crippen LogP contribution >= 0.6 is 0 Å². The Balaban J connectivity index is 1.42. The highest BCUT2D eigenvalue weighted by Gasteiger charge is 2.14. The first-order valence-corrected chi connectivity index (χ1v) is 10.9. The van der Waals surface area contributed by atoms with Crippen molar-refractivity contribution in [2.75, 3.05) is 49.7 Å². The number of pyridine rings is 2. The topological polar surface area (TPSA) is 71.9 Å². The third kappa shape index (κ3) is 6.52. The van der Waals surface area contributed by atoms with Crippen molar-refractivity contribution in [3.05, 3.63) is 77.6 Å². The first-order chi connectivity index (χ1) is 15.8. The monoisotopic (exact) mass is 431 g/mol. The number of benzene rings is 1. The van der Waals surface area contributed by atoms with E-state index in [1.165, 1.54) is 5.56 Å². The molecule has 3 aromatic rings. The van der Waals surface area contributed by atoms with E-state index < -0.39 is 0 Å². The molecule has 0 spiro atoms. The van der Waals surface area contributed by atoms with Gasteiger partial charge in [0.2, 0.25) is 5.88 Å². The number of rotatable bonds is 9. The van der Waals surface area contributed by atoms with E-state index in [1.54, 1.807) is 6.20 Å². The number of anilines is 2. The second-order valence-electron chi connectivity index (χ2n) is 7.63. The van der Waals surface area contributed by atoms with Crippen LogP contribution in [0.1, 0.15) is 16.8 Å². The third-order valence-corrected chi connectivity index (χ3v) is 5.07. The molecule has 2 aromatic heterocycles. The summed E-state index contributed by atoms with van der Waals surface area (Å²) in [6, 6.07) is 18.2. The molecule has 0 aliphatic carbocycles. The predicted octanol–water partition coefficient (Wildman–Crippen LogP) is 3.73. The number of aromatic nitrogens is 2. The van der Waals surface area contributed by atoms with Crippen molar-refractivity contribution < 1.29 is 9.47 Å². The number of nitrogens with zero attached hydrogens (tertiary/aromatic N) is 4. The zero-order valence-corrected chi connectivity index (χ0v) is 18.4. The van der Waals surface area contributed by atoms with Crippen LogP contribution in [0.4, 0.5) is 11.5 Å². The lowest BCUT2D eigenvalue weighted by molar-refractivity contribution is 0.122. The van der Waals surface area contributed by atoms with E-state index >= 15 is 0 Å². The maximum absolute atomic E-state index is 5.97.